The van der Waals surface area contributed by atoms with Crippen molar-refractivity contribution in [3.8, 4) is 0 Å². The normalized spacial score (nSPS) is 28.8. The molecule has 0 spiro atoms. The van der Waals surface area contributed by atoms with E-state index in [1.54, 1.807) is 4.90 Å². The van der Waals surface area contributed by atoms with Crippen LogP contribution in [0.2, 0.25) is 0 Å². The highest BCUT2D eigenvalue weighted by Crippen LogP contribution is 2.21. The first-order valence-electron chi connectivity index (χ1n) is 5.00. The van der Waals surface area contributed by atoms with Crippen molar-refractivity contribution in [1.82, 2.24) is 9.80 Å². The molecule has 1 rings (SSSR count). The fraction of sp³-hybridized carbons (Fsp3) is 0.900. The Morgan fingerprint density at radius 1 is 1.31 bits per heavy atom. The molecule has 1 aliphatic heterocycles. The second-order valence-corrected chi connectivity index (χ2v) is 4.36. The molecule has 0 aliphatic carbocycles. The van der Waals surface area contributed by atoms with Crippen LogP contribution >= 0.6 is 0 Å². The molecule has 0 aromatic rings. The number of urea groups is 1. The molecule has 0 aromatic heterocycles. The summed E-state index contributed by atoms with van der Waals surface area (Å²) in [5.74, 6) is 0.653. The molecule has 76 valence electrons. The van der Waals surface area contributed by atoms with Crippen LogP contribution in [0, 0.1) is 5.92 Å². The van der Waals surface area contributed by atoms with Gasteiger partial charge in [-0.2, -0.15) is 0 Å². The highest BCUT2D eigenvalue weighted by Gasteiger charge is 2.27. The van der Waals surface area contributed by atoms with Crippen molar-refractivity contribution in [3.63, 3.8) is 0 Å². The van der Waals surface area contributed by atoms with Crippen molar-refractivity contribution in [3.05, 3.63) is 0 Å². The summed E-state index contributed by atoms with van der Waals surface area (Å²) in [5, 5.41) is 0. The maximum atomic E-state index is 11.7. The Balaban J connectivity index is 2.60. The Morgan fingerprint density at radius 2 is 1.92 bits per heavy atom. The van der Waals surface area contributed by atoms with Crippen LogP contribution in [0.1, 0.15) is 26.7 Å². The van der Waals surface area contributed by atoms with Crippen molar-refractivity contribution in [2.75, 3.05) is 20.6 Å². The smallest absolute Gasteiger partial charge is 0.319 e. The summed E-state index contributed by atoms with van der Waals surface area (Å²) in [7, 11) is 3.63. The van der Waals surface area contributed by atoms with Crippen molar-refractivity contribution in [2.45, 2.75) is 32.7 Å². The topological polar surface area (TPSA) is 23.6 Å². The molecule has 1 aliphatic rings. The number of nitrogens with zero attached hydrogens (tertiary/aromatic N) is 2. The Hall–Kier alpha value is -0.730. The number of hydrogen-bond donors (Lipinski definition) is 0. The van der Waals surface area contributed by atoms with Crippen LogP contribution in [0.15, 0.2) is 0 Å². The summed E-state index contributed by atoms with van der Waals surface area (Å²) in [4.78, 5) is 15.3. The molecule has 2 amide bonds. The number of likely N-dealkylation sites (tertiary alicyclic amines) is 1. The van der Waals surface area contributed by atoms with Gasteiger partial charge in [0.05, 0.1) is 0 Å². The maximum Gasteiger partial charge on any atom is 0.319 e. The zero-order valence-corrected chi connectivity index (χ0v) is 9.08. The average Bonchev–Trinajstić information content (AvgIpc) is 2.08. The van der Waals surface area contributed by atoms with Gasteiger partial charge in [-0.25, -0.2) is 4.79 Å². The van der Waals surface area contributed by atoms with E-state index >= 15 is 0 Å². The zero-order valence-electron chi connectivity index (χ0n) is 9.08. The van der Waals surface area contributed by atoms with Crippen LogP contribution in [-0.4, -0.2) is 42.5 Å². The molecule has 3 heteroatoms. The molecule has 3 nitrogen and oxygen atoms in total. The molecule has 0 radical (unpaired) electrons. The van der Waals surface area contributed by atoms with E-state index in [1.807, 2.05) is 19.0 Å². The van der Waals surface area contributed by atoms with Gasteiger partial charge in [-0.15, -0.1) is 0 Å². The lowest BCUT2D eigenvalue weighted by atomic mass is 9.95. The number of piperidine rings is 1. The first-order chi connectivity index (χ1) is 6.02. The van der Waals surface area contributed by atoms with Crippen molar-refractivity contribution >= 4 is 6.03 Å². The lowest BCUT2D eigenvalue weighted by Crippen LogP contribution is -2.49. The van der Waals surface area contributed by atoms with Crippen LogP contribution in [-0.2, 0) is 0 Å². The monoisotopic (exact) mass is 184 g/mol. The largest absolute Gasteiger partial charge is 0.331 e. The molecule has 2 atom stereocenters. The van der Waals surface area contributed by atoms with Crippen LogP contribution < -0.4 is 0 Å². The summed E-state index contributed by atoms with van der Waals surface area (Å²) in [5.41, 5.74) is 0. The van der Waals surface area contributed by atoms with E-state index in [1.165, 1.54) is 6.42 Å². The van der Waals surface area contributed by atoms with Gasteiger partial charge in [0.2, 0.25) is 0 Å². The summed E-state index contributed by atoms with van der Waals surface area (Å²) in [6, 6.07) is 0.560. The second kappa shape index (κ2) is 3.99. The van der Waals surface area contributed by atoms with E-state index in [0.717, 1.165) is 13.0 Å². The van der Waals surface area contributed by atoms with Crippen molar-refractivity contribution in [1.29, 1.82) is 0 Å². The van der Waals surface area contributed by atoms with Gasteiger partial charge in [0, 0.05) is 26.7 Å². The number of carbonyl (C=O) groups excluding carboxylic acids is 1. The van der Waals surface area contributed by atoms with Crippen LogP contribution in [0.5, 0.6) is 0 Å². The van der Waals surface area contributed by atoms with Gasteiger partial charge in [0.15, 0.2) is 0 Å². The van der Waals surface area contributed by atoms with E-state index in [0.29, 0.717) is 12.0 Å². The van der Waals surface area contributed by atoms with Crippen LogP contribution in [0.3, 0.4) is 0 Å². The number of amides is 2. The Kier molecular flexibility index (Phi) is 3.17. The minimum atomic E-state index is 0.152. The molecular formula is C10H20N2O. The van der Waals surface area contributed by atoms with Crippen molar-refractivity contribution < 1.29 is 4.79 Å². The van der Waals surface area contributed by atoms with Gasteiger partial charge in [0.25, 0.3) is 0 Å². The molecule has 0 N–H and O–H groups in total. The standard InChI is InChI=1S/C10H20N2O/c1-8-5-6-9(2)12(7-8)10(13)11(3)4/h8-9H,5-7H2,1-4H3. The van der Waals surface area contributed by atoms with Gasteiger partial charge < -0.3 is 9.80 Å². The number of rotatable bonds is 0. The SMILES string of the molecule is CC1CCC(C)N(C(=O)N(C)C)C1. The van der Waals surface area contributed by atoms with Crippen LogP contribution in [0.25, 0.3) is 0 Å². The van der Waals surface area contributed by atoms with E-state index < -0.39 is 0 Å². The van der Waals surface area contributed by atoms with Gasteiger partial charge >= 0.3 is 6.03 Å². The predicted octanol–water partition coefficient (Wildman–Crippen LogP) is 1.79. The zero-order chi connectivity index (χ0) is 10.0. The quantitative estimate of drug-likeness (QED) is 0.563. The molecule has 1 heterocycles. The molecule has 0 saturated carbocycles. The Bertz CT molecular complexity index is 191. The molecule has 1 saturated heterocycles. The first kappa shape index (κ1) is 10.4. The highest BCUT2D eigenvalue weighted by molar-refractivity contribution is 5.74. The summed E-state index contributed by atoms with van der Waals surface area (Å²) < 4.78 is 0. The highest BCUT2D eigenvalue weighted by atomic mass is 16.2. The molecule has 1 fully saturated rings. The van der Waals surface area contributed by atoms with E-state index in [2.05, 4.69) is 13.8 Å². The third-order valence-corrected chi connectivity index (χ3v) is 2.75. The molecule has 0 aromatic carbocycles. The van der Waals surface area contributed by atoms with Gasteiger partial charge in [-0.05, 0) is 25.7 Å². The first-order valence-corrected chi connectivity index (χ1v) is 5.00. The average molecular weight is 184 g/mol. The lowest BCUT2D eigenvalue weighted by Gasteiger charge is -2.38. The van der Waals surface area contributed by atoms with Gasteiger partial charge in [0.1, 0.15) is 0 Å². The fourth-order valence-corrected chi connectivity index (χ4v) is 1.81. The van der Waals surface area contributed by atoms with Crippen molar-refractivity contribution in [2.24, 2.45) is 5.92 Å². The Labute approximate surface area is 80.7 Å². The van der Waals surface area contributed by atoms with Gasteiger partial charge in [-0.3, -0.25) is 0 Å². The predicted molar refractivity (Wildman–Crippen MR) is 53.6 cm³/mol. The fourth-order valence-electron chi connectivity index (χ4n) is 1.81. The molecular weight excluding hydrogens is 164 g/mol. The maximum absolute atomic E-state index is 11.7. The third-order valence-electron chi connectivity index (χ3n) is 2.75. The summed E-state index contributed by atoms with van der Waals surface area (Å²) in [6.07, 6.45) is 2.39. The van der Waals surface area contributed by atoms with Gasteiger partial charge in [-0.1, -0.05) is 6.92 Å². The second-order valence-electron chi connectivity index (χ2n) is 4.36. The Morgan fingerprint density at radius 3 is 2.46 bits per heavy atom. The van der Waals surface area contributed by atoms with E-state index in [-0.39, 0.29) is 6.03 Å². The molecule has 13 heavy (non-hydrogen) atoms. The van der Waals surface area contributed by atoms with Crippen LogP contribution in [0.4, 0.5) is 4.79 Å². The minimum Gasteiger partial charge on any atom is -0.331 e. The third kappa shape index (κ3) is 2.36. The molecule has 2 unspecified atom stereocenters. The summed E-state index contributed by atoms with van der Waals surface area (Å²) in [6.45, 7) is 5.26. The molecule has 0 bridgehead atoms. The number of carbonyl (C=O) groups is 1. The van der Waals surface area contributed by atoms with E-state index in [9.17, 15) is 4.79 Å². The number of hydrogen-bond acceptors (Lipinski definition) is 1. The van der Waals surface area contributed by atoms with E-state index in [4.69, 9.17) is 0 Å². The lowest BCUT2D eigenvalue weighted by molar-refractivity contribution is 0.117. The summed E-state index contributed by atoms with van der Waals surface area (Å²) >= 11 is 0. The minimum absolute atomic E-state index is 0.152.